The summed E-state index contributed by atoms with van der Waals surface area (Å²) in [5.74, 6) is -0.0732. The lowest BCUT2D eigenvalue weighted by molar-refractivity contribution is -0.139. The minimum Gasteiger partial charge on any atom is -0.480 e. The van der Waals surface area contributed by atoms with Crippen LogP contribution in [0.1, 0.15) is 58.8 Å². The zero-order valence-corrected chi connectivity index (χ0v) is 13.2. The number of aliphatic carboxylic acids is 1. The van der Waals surface area contributed by atoms with Crippen LogP contribution >= 0.6 is 0 Å². The molecule has 0 radical (unpaired) electrons. The van der Waals surface area contributed by atoms with Crippen LogP contribution in [-0.4, -0.2) is 40.6 Å². The molecule has 0 aromatic carbocycles. The molecule has 1 saturated carbocycles. The van der Waals surface area contributed by atoms with Crippen LogP contribution in [0.3, 0.4) is 0 Å². The van der Waals surface area contributed by atoms with E-state index in [1.165, 1.54) is 25.7 Å². The number of hydrogen-bond acceptors (Lipinski definition) is 2. The number of urea groups is 1. The van der Waals surface area contributed by atoms with Gasteiger partial charge in [0, 0.05) is 12.6 Å². The van der Waals surface area contributed by atoms with E-state index in [4.69, 9.17) is 0 Å². The average Bonchev–Trinajstić information content (AvgIpc) is 3.07. The lowest BCUT2D eigenvalue weighted by Gasteiger charge is -2.30. The van der Waals surface area contributed by atoms with Gasteiger partial charge < -0.3 is 15.3 Å². The van der Waals surface area contributed by atoms with E-state index in [0.717, 1.165) is 19.4 Å². The summed E-state index contributed by atoms with van der Waals surface area (Å²) in [6.07, 6.45) is 7.54. The largest absolute Gasteiger partial charge is 0.480 e. The zero-order valence-electron chi connectivity index (χ0n) is 13.2. The van der Waals surface area contributed by atoms with E-state index in [-0.39, 0.29) is 11.9 Å². The second-order valence-corrected chi connectivity index (χ2v) is 6.92. The summed E-state index contributed by atoms with van der Waals surface area (Å²) >= 11 is 0. The number of rotatable bonds is 5. The average molecular weight is 296 g/mol. The molecule has 2 unspecified atom stereocenters. The van der Waals surface area contributed by atoms with Crippen molar-refractivity contribution in [1.29, 1.82) is 0 Å². The number of carbonyl (C=O) groups excluding carboxylic acids is 1. The molecule has 1 saturated heterocycles. The molecular formula is C16H28N2O3. The van der Waals surface area contributed by atoms with Crippen LogP contribution in [0.5, 0.6) is 0 Å². The van der Waals surface area contributed by atoms with Gasteiger partial charge in [0.05, 0.1) is 0 Å². The van der Waals surface area contributed by atoms with E-state index in [2.05, 4.69) is 5.32 Å². The first-order valence-corrected chi connectivity index (χ1v) is 8.29. The van der Waals surface area contributed by atoms with Gasteiger partial charge in [-0.25, -0.2) is 9.59 Å². The first-order chi connectivity index (χ1) is 9.99. The molecule has 0 aromatic rings. The van der Waals surface area contributed by atoms with E-state index in [1.807, 2.05) is 18.7 Å². The molecule has 1 heterocycles. The molecule has 2 aliphatic rings. The fourth-order valence-corrected chi connectivity index (χ4v) is 3.80. The van der Waals surface area contributed by atoms with Crippen molar-refractivity contribution in [3.8, 4) is 0 Å². The van der Waals surface area contributed by atoms with Gasteiger partial charge in [-0.3, -0.25) is 0 Å². The summed E-state index contributed by atoms with van der Waals surface area (Å²) in [6.45, 7) is 4.71. The van der Waals surface area contributed by atoms with Crippen molar-refractivity contribution in [2.24, 2.45) is 11.8 Å². The molecule has 5 nitrogen and oxygen atoms in total. The molecule has 2 N–H and O–H groups in total. The lowest BCUT2D eigenvalue weighted by Crippen LogP contribution is -2.51. The van der Waals surface area contributed by atoms with Gasteiger partial charge in [0.15, 0.2) is 0 Å². The molecule has 21 heavy (non-hydrogen) atoms. The van der Waals surface area contributed by atoms with Crippen LogP contribution in [0.25, 0.3) is 0 Å². The minimum atomic E-state index is -0.936. The lowest BCUT2D eigenvalue weighted by atomic mass is 9.96. The molecule has 0 bridgehead atoms. The summed E-state index contributed by atoms with van der Waals surface area (Å²) in [7, 11) is 0. The quantitative estimate of drug-likeness (QED) is 0.819. The highest BCUT2D eigenvalue weighted by atomic mass is 16.4. The smallest absolute Gasteiger partial charge is 0.326 e. The summed E-state index contributed by atoms with van der Waals surface area (Å²) in [4.78, 5) is 25.6. The van der Waals surface area contributed by atoms with Crippen molar-refractivity contribution in [2.45, 2.75) is 70.9 Å². The Hall–Kier alpha value is -1.26. The van der Waals surface area contributed by atoms with Crippen molar-refractivity contribution in [3.05, 3.63) is 0 Å². The van der Waals surface area contributed by atoms with E-state index in [9.17, 15) is 14.7 Å². The second kappa shape index (κ2) is 7.14. The van der Waals surface area contributed by atoms with Gasteiger partial charge in [-0.05, 0) is 43.9 Å². The predicted molar refractivity (Wildman–Crippen MR) is 81.1 cm³/mol. The maximum absolute atomic E-state index is 12.5. The van der Waals surface area contributed by atoms with Crippen LogP contribution < -0.4 is 5.32 Å². The number of carbonyl (C=O) groups is 2. The van der Waals surface area contributed by atoms with Crippen molar-refractivity contribution in [3.63, 3.8) is 0 Å². The van der Waals surface area contributed by atoms with Gasteiger partial charge >= 0.3 is 12.0 Å². The van der Waals surface area contributed by atoms with Crippen LogP contribution in [0.4, 0.5) is 4.79 Å². The Bertz CT molecular complexity index is 378. The normalized spacial score (nSPS) is 24.5. The van der Waals surface area contributed by atoms with Gasteiger partial charge in [-0.15, -0.1) is 0 Å². The Morgan fingerprint density at radius 3 is 2.43 bits per heavy atom. The maximum atomic E-state index is 12.5. The zero-order chi connectivity index (χ0) is 15.4. The molecule has 0 aromatic heterocycles. The Labute approximate surface area is 127 Å². The summed E-state index contributed by atoms with van der Waals surface area (Å²) in [5, 5.41) is 12.0. The minimum absolute atomic E-state index is 0.183. The fraction of sp³-hybridized carbons (Fsp3) is 0.875. The summed E-state index contributed by atoms with van der Waals surface area (Å²) in [5.41, 5.74) is 0. The SMILES string of the molecule is CC(C)CC(NC(=O)N1CCCC1C1CCCC1)C(=O)O. The standard InChI is InChI=1S/C16H28N2O3/c1-11(2)10-13(15(19)20)17-16(21)18-9-5-8-14(18)12-6-3-4-7-12/h11-14H,3-10H2,1-2H3,(H,17,21)(H,19,20). The van der Waals surface area contributed by atoms with Crippen molar-refractivity contribution in [1.82, 2.24) is 10.2 Å². The Morgan fingerprint density at radius 1 is 1.19 bits per heavy atom. The number of amides is 2. The second-order valence-electron chi connectivity index (χ2n) is 6.92. The number of carboxylic acid groups (broad SMARTS) is 1. The Morgan fingerprint density at radius 2 is 1.86 bits per heavy atom. The monoisotopic (exact) mass is 296 g/mol. The Kier molecular flexibility index (Phi) is 5.48. The van der Waals surface area contributed by atoms with Crippen molar-refractivity contribution < 1.29 is 14.7 Å². The highest BCUT2D eigenvalue weighted by Crippen LogP contribution is 2.35. The molecule has 120 valence electrons. The molecule has 2 rings (SSSR count). The number of nitrogens with one attached hydrogen (secondary N) is 1. The summed E-state index contributed by atoms with van der Waals surface area (Å²) in [6, 6.07) is -0.638. The first-order valence-electron chi connectivity index (χ1n) is 8.29. The third-order valence-corrected chi connectivity index (χ3v) is 4.81. The topological polar surface area (TPSA) is 69.6 Å². The van der Waals surface area contributed by atoms with E-state index in [1.54, 1.807) is 0 Å². The number of likely N-dealkylation sites (tertiary alicyclic amines) is 1. The van der Waals surface area contributed by atoms with E-state index >= 15 is 0 Å². The number of carboxylic acids is 1. The molecule has 0 spiro atoms. The molecule has 2 amide bonds. The van der Waals surface area contributed by atoms with Crippen LogP contribution in [0, 0.1) is 11.8 Å². The van der Waals surface area contributed by atoms with Crippen LogP contribution in [-0.2, 0) is 4.79 Å². The third kappa shape index (κ3) is 4.11. The third-order valence-electron chi connectivity index (χ3n) is 4.81. The molecule has 2 atom stereocenters. The molecule has 2 fully saturated rings. The first kappa shape index (κ1) is 16.1. The number of hydrogen-bond donors (Lipinski definition) is 2. The van der Waals surface area contributed by atoms with Crippen molar-refractivity contribution >= 4 is 12.0 Å². The van der Waals surface area contributed by atoms with Gasteiger partial charge in [0.1, 0.15) is 6.04 Å². The highest BCUT2D eigenvalue weighted by Gasteiger charge is 2.37. The van der Waals surface area contributed by atoms with E-state index in [0.29, 0.717) is 18.4 Å². The molecule has 5 heteroatoms. The molecular weight excluding hydrogens is 268 g/mol. The highest BCUT2D eigenvalue weighted by molar-refractivity contribution is 5.82. The van der Waals surface area contributed by atoms with Gasteiger partial charge in [0.25, 0.3) is 0 Å². The van der Waals surface area contributed by atoms with Crippen LogP contribution in [0.15, 0.2) is 0 Å². The van der Waals surface area contributed by atoms with Gasteiger partial charge in [-0.1, -0.05) is 26.7 Å². The molecule has 1 aliphatic heterocycles. The fourth-order valence-electron chi connectivity index (χ4n) is 3.80. The predicted octanol–water partition coefficient (Wildman–Crippen LogP) is 2.85. The Balaban J connectivity index is 1.95. The van der Waals surface area contributed by atoms with Gasteiger partial charge in [0.2, 0.25) is 0 Å². The van der Waals surface area contributed by atoms with Crippen molar-refractivity contribution in [2.75, 3.05) is 6.54 Å². The van der Waals surface area contributed by atoms with E-state index < -0.39 is 12.0 Å². The molecule has 1 aliphatic carbocycles. The van der Waals surface area contributed by atoms with Crippen LogP contribution in [0.2, 0.25) is 0 Å². The van der Waals surface area contributed by atoms with Gasteiger partial charge in [-0.2, -0.15) is 0 Å². The maximum Gasteiger partial charge on any atom is 0.326 e. The summed E-state index contributed by atoms with van der Waals surface area (Å²) < 4.78 is 0. The number of nitrogens with zero attached hydrogens (tertiary/aromatic N) is 1.